The van der Waals surface area contributed by atoms with Crippen LogP contribution < -0.4 is 20.5 Å². The summed E-state index contributed by atoms with van der Waals surface area (Å²) in [6.07, 6.45) is 9.44. The Morgan fingerprint density at radius 3 is 2.91 bits per heavy atom. The smallest absolute Gasteiger partial charge is 0.337 e. The first-order valence-corrected chi connectivity index (χ1v) is 11.8. The highest BCUT2D eigenvalue weighted by Gasteiger charge is 2.26. The molecule has 9 nitrogen and oxygen atoms in total. The van der Waals surface area contributed by atoms with E-state index in [1.54, 1.807) is 24.4 Å². The molecule has 1 atom stereocenters. The van der Waals surface area contributed by atoms with E-state index < -0.39 is 12.1 Å². The van der Waals surface area contributed by atoms with Gasteiger partial charge in [-0.2, -0.15) is 5.10 Å². The van der Waals surface area contributed by atoms with Crippen molar-refractivity contribution in [2.75, 3.05) is 32.5 Å². The highest BCUT2D eigenvalue weighted by Crippen LogP contribution is 2.44. The molecule has 1 fully saturated rings. The fourth-order valence-electron chi connectivity index (χ4n) is 4.56. The monoisotopic (exact) mass is 475 g/mol. The number of piperidine rings is 1. The zero-order chi connectivity index (χ0) is 24.4. The predicted octanol–water partition coefficient (Wildman–Crippen LogP) is 3.54. The molecule has 0 amide bonds. The number of methoxy groups -OCH3 is 1. The Morgan fingerprint density at radius 2 is 2.11 bits per heavy atom. The van der Waals surface area contributed by atoms with Crippen LogP contribution >= 0.6 is 0 Å². The number of nitrogen functional groups attached to an aromatic ring is 1. The van der Waals surface area contributed by atoms with Crippen molar-refractivity contribution >= 4 is 17.4 Å². The van der Waals surface area contributed by atoms with Crippen LogP contribution in [0.15, 0.2) is 48.9 Å². The fraction of sp³-hybridized carbons (Fsp3) is 0.346. The van der Waals surface area contributed by atoms with Crippen molar-refractivity contribution in [2.24, 2.45) is 0 Å². The number of hydrogen-bond donors (Lipinski definition) is 2. The number of nitrogens with zero attached hydrogens (tertiary/aromatic N) is 3. The third-order valence-corrected chi connectivity index (χ3v) is 6.49. The van der Waals surface area contributed by atoms with Crippen LogP contribution in [0.4, 0.5) is 5.82 Å². The quantitative estimate of drug-likeness (QED) is 0.521. The number of rotatable bonds is 6. The van der Waals surface area contributed by atoms with Gasteiger partial charge in [-0.15, -0.1) is 0 Å². The van der Waals surface area contributed by atoms with Gasteiger partial charge >= 0.3 is 5.97 Å². The summed E-state index contributed by atoms with van der Waals surface area (Å²) >= 11 is 0. The van der Waals surface area contributed by atoms with Gasteiger partial charge in [0.15, 0.2) is 11.6 Å². The molecule has 0 radical (unpaired) electrons. The van der Waals surface area contributed by atoms with Gasteiger partial charge in [0, 0.05) is 23.5 Å². The highest BCUT2D eigenvalue weighted by molar-refractivity contribution is 5.89. The zero-order valence-corrected chi connectivity index (χ0v) is 19.9. The SMILES string of the molecule is COC(=O)c1cccc(C(C)Oc2c(N)ncc3c2OCC=C3c2cnn(C3CCNCC3)c2)c1. The maximum absolute atomic E-state index is 11.9. The number of carbonyl (C=O) groups excluding carboxylic acids is 1. The van der Waals surface area contributed by atoms with Crippen LogP contribution in [0.5, 0.6) is 11.5 Å². The topological polar surface area (TPSA) is 114 Å². The first kappa shape index (κ1) is 22.9. The normalized spacial score (nSPS) is 16.6. The third-order valence-electron chi connectivity index (χ3n) is 6.49. The second kappa shape index (κ2) is 9.79. The average molecular weight is 476 g/mol. The minimum atomic E-state index is -0.407. The molecule has 3 aromatic rings. The van der Waals surface area contributed by atoms with Crippen molar-refractivity contribution in [2.45, 2.75) is 31.9 Å². The Morgan fingerprint density at radius 1 is 1.29 bits per heavy atom. The predicted molar refractivity (Wildman–Crippen MR) is 131 cm³/mol. The Kier molecular flexibility index (Phi) is 6.41. The van der Waals surface area contributed by atoms with E-state index in [-0.39, 0.29) is 5.82 Å². The van der Waals surface area contributed by atoms with E-state index in [9.17, 15) is 4.79 Å². The molecule has 4 heterocycles. The summed E-state index contributed by atoms with van der Waals surface area (Å²) in [5, 5.41) is 8.03. The molecule has 0 saturated carbocycles. The molecule has 2 aliphatic heterocycles. The molecule has 9 heteroatoms. The lowest BCUT2D eigenvalue weighted by Crippen LogP contribution is -2.29. The van der Waals surface area contributed by atoms with Gasteiger partial charge in [0.2, 0.25) is 5.75 Å². The van der Waals surface area contributed by atoms with E-state index in [0.29, 0.717) is 29.7 Å². The van der Waals surface area contributed by atoms with E-state index in [2.05, 4.69) is 26.3 Å². The van der Waals surface area contributed by atoms with E-state index in [1.807, 2.05) is 25.3 Å². The molecule has 0 bridgehead atoms. The van der Waals surface area contributed by atoms with Crippen molar-refractivity contribution in [3.05, 3.63) is 71.2 Å². The van der Waals surface area contributed by atoms with Crippen molar-refractivity contribution in [1.29, 1.82) is 0 Å². The van der Waals surface area contributed by atoms with Gasteiger partial charge < -0.3 is 25.3 Å². The summed E-state index contributed by atoms with van der Waals surface area (Å²) in [7, 11) is 1.36. The summed E-state index contributed by atoms with van der Waals surface area (Å²) in [6, 6.07) is 7.52. The number of anilines is 1. The van der Waals surface area contributed by atoms with Crippen molar-refractivity contribution in [1.82, 2.24) is 20.1 Å². The second-order valence-electron chi connectivity index (χ2n) is 8.71. The van der Waals surface area contributed by atoms with Crippen LogP contribution in [0, 0.1) is 0 Å². The number of ether oxygens (including phenoxy) is 3. The number of carbonyl (C=O) groups is 1. The molecule has 3 N–H and O–H groups in total. The summed E-state index contributed by atoms with van der Waals surface area (Å²) in [5.74, 6) is 0.780. The Hall–Kier alpha value is -3.85. The van der Waals surface area contributed by atoms with Crippen LogP contribution in [0.25, 0.3) is 5.57 Å². The Balaban J connectivity index is 1.42. The molecule has 2 aromatic heterocycles. The van der Waals surface area contributed by atoms with E-state index >= 15 is 0 Å². The highest BCUT2D eigenvalue weighted by atomic mass is 16.5. The van der Waals surface area contributed by atoms with Gasteiger partial charge in [0.1, 0.15) is 12.7 Å². The number of hydrogen-bond acceptors (Lipinski definition) is 8. The first-order valence-electron chi connectivity index (χ1n) is 11.8. The molecule has 5 rings (SSSR count). The Labute approximate surface area is 203 Å². The first-order chi connectivity index (χ1) is 17.0. The van der Waals surface area contributed by atoms with E-state index in [0.717, 1.165) is 48.2 Å². The lowest BCUT2D eigenvalue weighted by molar-refractivity contribution is 0.0600. The Bertz CT molecular complexity index is 1260. The molecule has 35 heavy (non-hydrogen) atoms. The maximum Gasteiger partial charge on any atom is 0.337 e. The standard InChI is InChI=1S/C26H29N5O4/c1-16(17-4-3-5-18(12-17)26(32)33-2)35-24-23-22(14-29-25(24)27)21(8-11-34-23)19-13-30-31(15-19)20-6-9-28-10-7-20/h3-5,8,12-16,20,28H,6-7,9-11H2,1-2H3,(H2,27,29). The molecule has 2 aliphatic rings. The van der Waals surface area contributed by atoms with Crippen LogP contribution in [0.2, 0.25) is 0 Å². The van der Waals surface area contributed by atoms with Gasteiger partial charge in [-0.05, 0) is 62.2 Å². The number of fused-ring (bicyclic) bond motifs is 1. The minimum Gasteiger partial charge on any atom is -0.485 e. The lowest BCUT2D eigenvalue weighted by Gasteiger charge is -2.24. The fourth-order valence-corrected chi connectivity index (χ4v) is 4.56. The number of aromatic nitrogens is 3. The third kappa shape index (κ3) is 4.59. The largest absolute Gasteiger partial charge is 0.485 e. The lowest BCUT2D eigenvalue weighted by atomic mass is 9.99. The minimum absolute atomic E-state index is 0.242. The average Bonchev–Trinajstić information content (AvgIpc) is 3.40. The molecule has 1 saturated heterocycles. The van der Waals surface area contributed by atoms with Crippen LogP contribution in [-0.2, 0) is 4.74 Å². The van der Waals surface area contributed by atoms with Gasteiger partial charge in [-0.3, -0.25) is 4.68 Å². The van der Waals surface area contributed by atoms with Crippen molar-refractivity contribution in [3.63, 3.8) is 0 Å². The number of esters is 1. The molecule has 1 unspecified atom stereocenters. The van der Waals surface area contributed by atoms with Crippen molar-refractivity contribution in [3.8, 4) is 11.5 Å². The molecule has 0 spiro atoms. The van der Waals surface area contributed by atoms with E-state index in [4.69, 9.17) is 19.9 Å². The molecular formula is C26H29N5O4. The summed E-state index contributed by atoms with van der Waals surface area (Å²) in [4.78, 5) is 16.3. The number of pyridine rings is 1. The van der Waals surface area contributed by atoms with Crippen molar-refractivity contribution < 1.29 is 19.0 Å². The van der Waals surface area contributed by atoms with E-state index in [1.165, 1.54) is 7.11 Å². The van der Waals surface area contributed by atoms with Gasteiger partial charge in [0.05, 0.1) is 24.9 Å². The van der Waals surface area contributed by atoms with Crippen LogP contribution in [-0.4, -0.2) is 47.5 Å². The summed E-state index contributed by atoms with van der Waals surface area (Å²) in [6.45, 7) is 4.28. The van der Waals surface area contributed by atoms with Gasteiger partial charge in [-0.25, -0.2) is 9.78 Å². The number of nitrogens with one attached hydrogen (secondary N) is 1. The zero-order valence-electron chi connectivity index (χ0n) is 19.9. The van der Waals surface area contributed by atoms with Gasteiger partial charge in [0.25, 0.3) is 0 Å². The van der Waals surface area contributed by atoms with Crippen LogP contribution in [0.1, 0.15) is 59.0 Å². The molecule has 1 aromatic carbocycles. The number of benzene rings is 1. The number of nitrogens with two attached hydrogens (primary N) is 1. The molecule has 0 aliphatic carbocycles. The molecular weight excluding hydrogens is 446 g/mol. The van der Waals surface area contributed by atoms with Gasteiger partial charge in [-0.1, -0.05) is 12.1 Å². The summed E-state index contributed by atoms with van der Waals surface area (Å²) in [5.41, 5.74) is 10.3. The van der Waals surface area contributed by atoms with Crippen LogP contribution in [0.3, 0.4) is 0 Å². The maximum atomic E-state index is 11.9. The second-order valence-corrected chi connectivity index (χ2v) is 8.71. The molecule has 182 valence electrons. The summed E-state index contributed by atoms with van der Waals surface area (Å²) < 4.78 is 19.1.